The third-order valence-corrected chi connectivity index (χ3v) is 4.54. The van der Waals surface area contributed by atoms with Gasteiger partial charge >= 0.3 is 6.09 Å². The first-order valence-corrected chi connectivity index (χ1v) is 10.7. The zero-order valence-corrected chi connectivity index (χ0v) is 18.1. The average molecular weight is 416 g/mol. The van der Waals surface area contributed by atoms with E-state index in [-0.39, 0.29) is 12.1 Å². The molecule has 2 aromatic rings. The number of allylic oxidation sites excluding steroid dienone is 1. The topological polar surface area (TPSA) is 102 Å². The first-order chi connectivity index (χ1) is 14.0. The van der Waals surface area contributed by atoms with E-state index >= 15 is 0 Å². The predicted molar refractivity (Wildman–Crippen MR) is 119 cm³/mol. The Morgan fingerprint density at radius 3 is 2.52 bits per heavy atom. The highest BCUT2D eigenvalue weighted by atomic mass is 32.2. The lowest BCUT2D eigenvalue weighted by molar-refractivity contribution is 0.117. The standard InChI is InChI=1S/C19H23N5O2S.C2H6/c1-12(2)23-19(25)26-15-6-3-13(9-15)17-10-22-18(11-21-17)24-14-4-7-16(27-20)8-5-14;1-2/h4-5,7-12,15H,3,6,20H2,1-2H3,(H,22,24)(H,23,25);1-2H3. The second-order valence-electron chi connectivity index (χ2n) is 6.53. The second-order valence-corrected chi connectivity index (χ2v) is 7.23. The van der Waals surface area contributed by atoms with E-state index < -0.39 is 6.09 Å². The average Bonchev–Trinajstić information content (AvgIpc) is 3.18. The first-order valence-electron chi connectivity index (χ1n) is 9.77. The number of amides is 1. The van der Waals surface area contributed by atoms with Gasteiger partial charge in [0.1, 0.15) is 11.9 Å². The van der Waals surface area contributed by atoms with Crippen LogP contribution in [0.5, 0.6) is 0 Å². The van der Waals surface area contributed by atoms with Gasteiger partial charge in [0.15, 0.2) is 0 Å². The van der Waals surface area contributed by atoms with Crippen LogP contribution in [0, 0.1) is 0 Å². The van der Waals surface area contributed by atoms with Crippen LogP contribution >= 0.6 is 11.9 Å². The van der Waals surface area contributed by atoms with Gasteiger partial charge in [-0.25, -0.2) is 9.78 Å². The Morgan fingerprint density at radius 1 is 1.21 bits per heavy atom. The molecule has 1 heterocycles. The fourth-order valence-electron chi connectivity index (χ4n) is 2.73. The number of benzene rings is 1. The Labute approximate surface area is 176 Å². The second kappa shape index (κ2) is 11.4. The van der Waals surface area contributed by atoms with Gasteiger partial charge < -0.3 is 15.4 Å². The third kappa shape index (κ3) is 7.07. The number of ether oxygens (including phenoxy) is 1. The molecule has 0 radical (unpaired) electrons. The van der Waals surface area contributed by atoms with Crippen LogP contribution in [0.15, 0.2) is 47.6 Å². The normalized spacial score (nSPS) is 15.2. The minimum absolute atomic E-state index is 0.0542. The van der Waals surface area contributed by atoms with Gasteiger partial charge in [-0.2, -0.15) is 0 Å². The summed E-state index contributed by atoms with van der Waals surface area (Å²) in [7, 11) is 0. The third-order valence-electron chi connectivity index (χ3n) is 3.99. The number of nitrogens with two attached hydrogens (primary N) is 1. The molecule has 0 bridgehead atoms. The maximum Gasteiger partial charge on any atom is 0.407 e. The van der Waals surface area contributed by atoms with Gasteiger partial charge in [0.05, 0.1) is 18.1 Å². The van der Waals surface area contributed by atoms with Crippen LogP contribution in [0.2, 0.25) is 0 Å². The molecule has 0 spiro atoms. The van der Waals surface area contributed by atoms with Crippen LogP contribution in [0.4, 0.5) is 16.3 Å². The number of carbonyl (C=O) groups excluding carboxylic acids is 1. The van der Waals surface area contributed by atoms with Crippen molar-refractivity contribution in [3.05, 3.63) is 48.4 Å². The van der Waals surface area contributed by atoms with Gasteiger partial charge in [-0.1, -0.05) is 13.8 Å². The van der Waals surface area contributed by atoms with Crippen LogP contribution in [-0.4, -0.2) is 28.2 Å². The summed E-state index contributed by atoms with van der Waals surface area (Å²) in [5, 5.41) is 11.5. The largest absolute Gasteiger partial charge is 0.442 e. The Balaban J connectivity index is 0.00000145. The molecule has 1 aromatic heterocycles. The quantitative estimate of drug-likeness (QED) is 0.577. The van der Waals surface area contributed by atoms with Crippen molar-refractivity contribution in [1.82, 2.24) is 15.3 Å². The summed E-state index contributed by atoms with van der Waals surface area (Å²) in [6.45, 7) is 7.79. The van der Waals surface area contributed by atoms with Gasteiger partial charge in [-0.3, -0.25) is 10.1 Å². The van der Waals surface area contributed by atoms with E-state index in [4.69, 9.17) is 9.88 Å². The molecule has 1 atom stereocenters. The number of aromatic nitrogens is 2. The maximum absolute atomic E-state index is 11.7. The summed E-state index contributed by atoms with van der Waals surface area (Å²) in [6.07, 6.45) is 6.32. The zero-order chi connectivity index (χ0) is 21.2. The van der Waals surface area contributed by atoms with Gasteiger partial charge in [0.2, 0.25) is 0 Å². The number of hydrogen-bond donors (Lipinski definition) is 3. The lowest BCUT2D eigenvalue weighted by Gasteiger charge is -2.12. The summed E-state index contributed by atoms with van der Waals surface area (Å²) in [5.41, 5.74) is 2.76. The van der Waals surface area contributed by atoms with E-state index in [0.717, 1.165) is 34.7 Å². The molecule has 1 aliphatic carbocycles. The molecule has 3 rings (SSSR count). The fourth-order valence-corrected chi connectivity index (χ4v) is 3.02. The van der Waals surface area contributed by atoms with Crippen molar-refractivity contribution in [1.29, 1.82) is 0 Å². The molecule has 29 heavy (non-hydrogen) atoms. The minimum Gasteiger partial charge on any atom is -0.442 e. The van der Waals surface area contributed by atoms with Crippen molar-refractivity contribution in [2.24, 2.45) is 5.14 Å². The molecule has 0 fully saturated rings. The number of nitrogens with one attached hydrogen (secondary N) is 2. The summed E-state index contributed by atoms with van der Waals surface area (Å²) in [5.74, 6) is 0.662. The van der Waals surface area contributed by atoms with Gasteiger partial charge in [0.25, 0.3) is 0 Å². The number of hydrogen-bond acceptors (Lipinski definition) is 7. The van der Waals surface area contributed by atoms with Crippen LogP contribution in [0.1, 0.15) is 46.2 Å². The Hall–Kier alpha value is -2.58. The molecule has 1 unspecified atom stereocenters. The highest BCUT2D eigenvalue weighted by Crippen LogP contribution is 2.28. The van der Waals surface area contributed by atoms with E-state index in [0.29, 0.717) is 5.82 Å². The van der Waals surface area contributed by atoms with E-state index in [2.05, 4.69) is 20.6 Å². The number of anilines is 2. The molecule has 4 N–H and O–H groups in total. The summed E-state index contributed by atoms with van der Waals surface area (Å²) < 4.78 is 5.40. The van der Waals surface area contributed by atoms with Crippen molar-refractivity contribution < 1.29 is 9.53 Å². The van der Waals surface area contributed by atoms with Crippen molar-refractivity contribution in [3.8, 4) is 0 Å². The number of nitrogens with zero attached hydrogens (tertiary/aromatic N) is 2. The van der Waals surface area contributed by atoms with Gasteiger partial charge in [-0.15, -0.1) is 0 Å². The van der Waals surface area contributed by atoms with Crippen molar-refractivity contribution in [2.45, 2.75) is 57.6 Å². The molecule has 0 aliphatic heterocycles. The van der Waals surface area contributed by atoms with Crippen LogP contribution in [0.3, 0.4) is 0 Å². The molecular weight excluding hydrogens is 386 g/mol. The lowest BCUT2D eigenvalue weighted by atomic mass is 10.2. The fraction of sp³-hybridized carbons (Fsp3) is 0.381. The van der Waals surface area contributed by atoms with E-state index in [1.165, 1.54) is 11.9 Å². The Bertz CT molecular complexity index is 807. The first kappa shape index (κ1) is 22.7. The zero-order valence-electron chi connectivity index (χ0n) is 17.3. The molecule has 8 heteroatoms. The summed E-state index contributed by atoms with van der Waals surface area (Å²) in [4.78, 5) is 21.6. The van der Waals surface area contributed by atoms with Crippen molar-refractivity contribution >= 4 is 35.1 Å². The van der Waals surface area contributed by atoms with Gasteiger partial charge in [0, 0.05) is 16.6 Å². The monoisotopic (exact) mass is 415 g/mol. The molecule has 156 valence electrons. The van der Waals surface area contributed by atoms with E-state index in [9.17, 15) is 4.79 Å². The van der Waals surface area contributed by atoms with Crippen LogP contribution < -0.4 is 15.8 Å². The lowest BCUT2D eigenvalue weighted by Crippen LogP contribution is -2.32. The van der Waals surface area contributed by atoms with Gasteiger partial charge in [-0.05, 0) is 74.6 Å². The van der Waals surface area contributed by atoms with E-state index in [1.54, 1.807) is 12.4 Å². The van der Waals surface area contributed by atoms with E-state index in [1.807, 2.05) is 58.0 Å². The smallest absolute Gasteiger partial charge is 0.407 e. The highest BCUT2D eigenvalue weighted by Gasteiger charge is 2.21. The molecule has 1 aromatic carbocycles. The minimum atomic E-state index is -0.391. The molecular formula is C21H29N5O2S. The summed E-state index contributed by atoms with van der Waals surface area (Å²) >= 11 is 1.21. The molecule has 1 amide bonds. The Morgan fingerprint density at radius 2 is 1.93 bits per heavy atom. The van der Waals surface area contributed by atoms with Crippen LogP contribution in [0.25, 0.3) is 5.57 Å². The number of alkyl carbamates (subject to hydrolysis) is 1. The SMILES string of the molecule is CC.CC(C)NC(=O)OC1C=C(c2cnc(Nc3ccc(SN)cc3)cn2)CC1. The molecule has 7 nitrogen and oxygen atoms in total. The number of carbonyl (C=O) groups is 1. The molecule has 0 saturated carbocycles. The predicted octanol–water partition coefficient (Wildman–Crippen LogP) is 4.89. The van der Waals surface area contributed by atoms with Crippen LogP contribution in [-0.2, 0) is 4.74 Å². The summed E-state index contributed by atoms with van der Waals surface area (Å²) in [6, 6.07) is 7.81. The molecule has 0 saturated heterocycles. The highest BCUT2D eigenvalue weighted by molar-refractivity contribution is 7.97. The maximum atomic E-state index is 11.7. The van der Waals surface area contributed by atoms with Crippen molar-refractivity contribution in [3.63, 3.8) is 0 Å². The molecule has 1 aliphatic rings. The van der Waals surface area contributed by atoms with Crippen molar-refractivity contribution in [2.75, 3.05) is 5.32 Å². The Kier molecular flexibility index (Phi) is 8.95. The number of rotatable bonds is 6.